The molecule has 0 spiro atoms. The second-order valence-electron chi connectivity index (χ2n) is 5.64. The van der Waals surface area contributed by atoms with Gasteiger partial charge in [0.1, 0.15) is 0 Å². The number of carboxylic acid groups (broad SMARTS) is 1. The molecule has 2 rings (SSSR count). The monoisotopic (exact) mass is 281 g/mol. The quantitative estimate of drug-likeness (QED) is 0.870. The van der Waals surface area contributed by atoms with Gasteiger partial charge in [-0.05, 0) is 49.3 Å². The molecule has 1 aromatic rings. The highest BCUT2D eigenvalue weighted by molar-refractivity contribution is 6.31. The molecule has 2 N–H and O–H groups in total. The summed E-state index contributed by atoms with van der Waals surface area (Å²) in [5.41, 5.74) is 0.918. The van der Waals surface area contributed by atoms with E-state index in [2.05, 4.69) is 19.2 Å². The first-order valence-electron chi connectivity index (χ1n) is 6.76. The molecule has 0 bridgehead atoms. The fourth-order valence-corrected chi connectivity index (χ4v) is 3.07. The van der Waals surface area contributed by atoms with Gasteiger partial charge in [0.2, 0.25) is 0 Å². The van der Waals surface area contributed by atoms with Gasteiger partial charge >= 0.3 is 5.97 Å². The second kappa shape index (κ2) is 5.83. The Morgan fingerprint density at radius 2 is 2.11 bits per heavy atom. The van der Waals surface area contributed by atoms with Crippen LogP contribution < -0.4 is 5.32 Å². The molecule has 4 heteroatoms. The van der Waals surface area contributed by atoms with Crippen molar-refractivity contribution < 1.29 is 9.90 Å². The number of halogens is 1. The molecule has 1 saturated carbocycles. The Bertz CT molecular complexity index is 475. The molecule has 0 amide bonds. The Morgan fingerprint density at radius 3 is 2.74 bits per heavy atom. The fraction of sp³-hybridized carbons (Fsp3) is 0.533. The van der Waals surface area contributed by atoms with Crippen molar-refractivity contribution in [2.75, 3.05) is 5.32 Å². The lowest BCUT2D eigenvalue weighted by Gasteiger charge is -2.34. The molecule has 1 aliphatic carbocycles. The molecular formula is C15H20ClNO2. The number of aromatic carboxylic acids is 1. The summed E-state index contributed by atoms with van der Waals surface area (Å²) in [6, 6.07) is 5.33. The van der Waals surface area contributed by atoms with Crippen LogP contribution in [-0.2, 0) is 0 Å². The molecule has 0 heterocycles. The summed E-state index contributed by atoms with van der Waals surface area (Å²) in [4.78, 5) is 11.3. The Balaban J connectivity index is 2.17. The summed E-state index contributed by atoms with van der Waals surface area (Å²) in [6.45, 7) is 4.50. The topological polar surface area (TPSA) is 49.3 Å². The Labute approximate surface area is 119 Å². The zero-order chi connectivity index (χ0) is 14.0. The molecule has 0 aromatic heterocycles. The summed E-state index contributed by atoms with van der Waals surface area (Å²) < 4.78 is 0. The highest BCUT2D eigenvalue weighted by atomic mass is 35.5. The van der Waals surface area contributed by atoms with Gasteiger partial charge in [0.25, 0.3) is 0 Å². The van der Waals surface area contributed by atoms with E-state index in [1.807, 2.05) is 0 Å². The summed E-state index contributed by atoms with van der Waals surface area (Å²) in [6.07, 6.45) is 3.47. The van der Waals surface area contributed by atoms with Crippen LogP contribution in [0.4, 0.5) is 5.69 Å². The number of nitrogens with one attached hydrogen (secondary N) is 1. The van der Waals surface area contributed by atoms with Crippen molar-refractivity contribution in [1.29, 1.82) is 0 Å². The van der Waals surface area contributed by atoms with Crippen LogP contribution in [0.25, 0.3) is 0 Å². The summed E-state index contributed by atoms with van der Waals surface area (Å²) >= 11 is 5.86. The Kier molecular flexibility index (Phi) is 4.35. The summed E-state index contributed by atoms with van der Waals surface area (Å²) in [7, 11) is 0. The van der Waals surface area contributed by atoms with Gasteiger partial charge in [-0.2, -0.15) is 0 Å². The maximum Gasteiger partial charge on any atom is 0.337 e. The molecule has 0 aliphatic heterocycles. The Hall–Kier alpha value is -1.22. The van der Waals surface area contributed by atoms with E-state index in [-0.39, 0.29) is 5.56 Å². The lowest BCUT2D eigenvalue weighted by atomic mass is 9.80. The molecule has 19 heavy (non-hydrogen) atoms. The largest absolute Gasteiger partial charge is 0.478 e. The normalized spacial score (nSPS) is 27.0. The number of carboxylic acids is 1. The average Bonchev–Trinajstić information content (AvgIpc) is 2.34. The van der Waals surface area contributed by atoms with Crippen molar-refractivity contribution in [3.63, 3.8) is 0 Å². The van der Waals surface area contributed by atoms with Gasteiger partial charge in [-0.25, -0.2) is 4.79 Å². The first-order valence-corrected chi connectivity index (χ1v) is 7.14. The van der Waals surface area contributed by atoms with Crippen LogP contribution in [0.2, 0.25) is 5.02 Å². The van der Waals surface area contributed by atoms with Crippen LogP contribution in [-0.4, -0.2) is 17.1 Å². The van der Waals surface area contributed by atoms with Gasteiger partial charge in [0, 0.05) is 16.8 Å². The van der Waals surface area contributed by atoms with Crippen LogP contribution in [0, 0.1) is 11.8 Å². The summed E-state index contributed by atoms with van der Waals surface area (Å²) in [5, 5.41) is 13.1. The number of hydrogen-bond acceptors (Lipinski definition) is 2. The van der Waals surface area contributed by atoms with Crippen molar-refractivity contribution in [1.82, 2.24) is 0 Å². The zero-order valence-corrected chi connectivity index (χ0v) is 12.1. The zero-order valence-electron chi connectivity index (χ0n) is 11.3. The van der Waals surface area contributed by atoms with Crippen LogP contribution in [0.3, 0.4) is 0 Å². The highest BCUT2D eigenvalue weighted by Gasteiger charge is 2.26. The molecule has 1 aromatic carbocycles. The molecule has 0 saturated heterocycles. The maximum atomic E-state index is 11.3. The van der Waals surface area contributed by atoms with E-state index in [1.165, 1.54) is 18.9 Å². The van der Waals surface area contributed by atoms with Crippen LogP contribution >= 0.6 is 11.6 Å². The SMILES string of the molecule is CC1CCC(Nc2ccc(Cl)cc2C(=O)O)C(C)C1. The third kappa shape index (κ3) is 3.41. The van der Waals surface area contributed by atoms with Crippen molar-refractivity contribution in [3.8, 4) is 0 Å². The van der Waals surface area contributed by atoms with E-state index >= 15 is 0 Å². The van der Waals surface area contributed by atoms with Crippen molar-refractivity contribution in [2.45, 2.75) is 39.2 Å². The molecule has 104 valence electrons. The minimum Gasteiger partial charge on any atom is -0.478 e. The number of rotatable bonds is 3. The first-order chi connectivity index (χ1) is 8.97. The smallest absolute Gasteiger partial charge is 0.337 e. The fourth-order valence-electron chi connectivity index (χ4n) is 2.90. The van der Waals surface area contributed by atoms with Crippen molar-refractivity contribution >= 4 is 23.3 Å². The van der Waals surface area contributed by atoms with E-state index in [4.69, 9.17) is 11.6 Å². The predicted molar refractivity (Wildman–Crippen MR) is 78.0 cm³/mol. The molecule has 0 radical (unpaired) electrons. The van der Waals surface area contributed by atoms with E-state index in [1.54, 1.807) is 12.1 Å². The van der Waals surface area contributed by atoms with Gasteiger partial charge in [-0.15, -0.1) is 0 Å². The van der Waals surface area contributed by atoms with Gasteiger partial charge in [-0.1, -0.05) is 25.4 Å². The van der Waals surface area contributed by atoms with E-state index < -0.39 is 5.97 Å². The number of hydrogen-bond donors (Lipinski definition) is 2. The van der Waals surface area contributed by atoms with Gasteiger partial charge < -0.3 is 10.4 Å². The van der Waals surface area contributed by atoms with Crippen molar-refractivity contribution in [3.05, 3.63) is 28.8 Å². The van der Waals surface area contributed by atoms with E-state index in [0.717, 1.165) is 12.3 Å². The molecule has 3 nitrogen and oxygen atoms in total. The molecule has 3 unspecified atom stereocenters. The van der Waals surface area contributed by atoms with Gasteiger partial charge in [-0.3, -0.25) is 0 Å². The molecule has 1 fully saturated rings. The standard InChI is InChI=1S/C15H20ClNO2/c1-9-3-5-13(10(2)7-9)17-14-6-4-11(16)8-12(14)15(18)19/h4,6,8-10,13,17H,3,5,7H2,1-2H3,(H,18,19). The van der Waals surface area contributed by atoms with Gasteiger partial charge in [0.05, 0.1) is 5.56 Å². The third-order valence-corrected chi connectivity index (χ3v) is 4.22. The minimum absolute atomic E-state index is 0.248. The van der Waals surface area contributed by atoms with E-state index in [0.29, 0.717) is 22.7 Å². The van der Waals surface area contributed by atoms with Crippen LogP contribution in [0.5, 0.6) is 0 Å². The third-order valence-electron chi connectivity index (χ3n) is 3.98. The molecule has 3 atom stereocenters. The maximum absolute atomic E-state index is 11.3. The molecular weight excluding hydrogens is 262 g/mol. The summed E-state index contributed by atoms with van der Waals surface area (Å²) in [5.74, 6) is 0.375. The van der Waals surface area contributed by atoms with Crippen LogP contribution in [0.1, 0.15) is 43.5 Å². The van der Waals surface area contributed by atoms with E-state index in [9.17, 15) is 9.90 Å². The Morgan fingerprint density at radius 1 is 1.37 bits per heavy atom. The molecule has 1 aliphatic rings. The first kappa shape index (κ1) is 14.2. The number of carbonyl (C=O) groups is 1. The van der Waals surface area contributed by atoms with Crippen molar-refractivity contribution in [2.24, 2.45) is 11.8 Å². The number of benzene rings is 1. The number of anilines is 1. The minimum atomic E-state index is -0.943. The second-order valence-corrected chi connectivity index (χ2v) is 6.08. The lowest BCUT2D eigenvalue weighted by molar-refractivity contribution is 0.0697. The van der Waals surface area contributed by atoms with Gasteiger partial charge in [0.15, 0.2) is 0 Å². The highest BCUT2D eigenvalue weighted by Crippen LogP contribution is 2.32. The predicted octanol–water partition coefficient (Wildman–Crippen LogP) is 4.27. The lowest BCUT2D eigenvalue weighted by Crippen LogP contribution is -2.33. The van der Waals surface area contributed by atoms with Crippen LogP contribution in [0.15, 0.2) is 18.2 Å². The average molecular weight is 282 g/mol.